The topological polar surface area (TPSA) is 203 Å². The molecule has 0 saturated carbocycles. The van der Waals surface area contributed by atoms with E-state index in [9.17, 15) is 29.6 Å². The normalized spacial score (nSPS) is 10.1. The Labute approximate surface area is 324 Å². The molecule has 12 nitrogen and oxygen atoms in total. The Bertz CT molecular complexity index is 1960. The maximum absolute atomic E-state index is 11.1. The first-order valence-corrected chi connectivity index (χ1v) is 19.6. The van der Waals surface area contributed by atoms with Crippen molar-refractivity contribution in [2.24, 2.45) is 0 Å². The third-order valence-electron chi connectivity index (χ3n) is 6.85. The third-order valence-corrected chi connectivity index (χ3v) is 11.8. The van der Waals surface area contributed by atoms with Gasteiger partial charge in [-0.1, -0.05) is 91.7 Å². The highest BCUT2D eigenvalue weighted by molar-refractivity contribution is 8.77. The minimum absolute atomic E-state index is 0.206. The van der Waals surface area contributed by atoms with Gasteiger partial charge in [-0.05, 0) is 59.7 Å². The molecule has 0 aliphatic heterocycles. The highest BCUT2D eigenvalue weighted by atomic mass is 33.1. The fourth-order valence-electron chi connectivity index (χ4n) is 4.25. The Morgan fingerprint density at radius 3 is 0.778 bits per heavy atom. The van der Waals surface area contributed by atoms with Gasteiger partial charge in [0, 0.05) is 43.8 Å². The average molecular weight is 801 g/mol. The molecule has 0 fully saturated rings. The number of aromatic nitrogens is 2. The van der Waals surface area contributed by atoms with Gasteiger partial charge in [-0.25, -0.2) is 19.2 Å². The van der Waals surface area contributed by atoms with E-state index in [0.29, 0.717) is 19.6 Å². The number of carboxylic acids is 4. The molecule has 0 unspecified atom stereocenters. The van der Waals surface area contributed by atoms with Crippen molar-refractivity contribution in [3.05, 3.63) is 179 Å². The summed E-state index contributed by atoms with van der Waals surface area (Å²) in [5.74, 6) is -4.00. The molecular formula is C38H28N2O10S4. The molecule has 0 aliphatic carbocycles. The number of hydrogen-bond acceptors (Lipinski definition) is 10. The van der Waals surface area contributed by atoms with Gasteiger partial charge in [0.05, 0.1) is 22.3 Å². The van der Waals surface area contributed by atoms with Crippen LogP contribution in [0.1, 0.15) is 41.4 Å². The quantitative estimate of drug-likeness (QED) is 0.0552. The largest absolute Gasteiger partial charge is 0.619 e. The maximum Gasteiger partial charge on any atom is 0.336 e. The van der Waals surface area contributed by atoms with Crippen molar-refractivity contribution in [2.75, 3.05) is 0 Å². The van der Waals surface area contributed by atoms with Crippen molar-refractivity contribution in [1.29, 1.82) is 0 Å². The number of carbonyl (C=O) groups is 4. The van der Waals surface area contributed by atoms with E-state index in [0.717, 1.165) is 20.6 Å². The van der Waals surface area contributed by atoms with Crippen LogP contribution in [-0.2, 0) is 0 Å². The van der Waals surface area contributed by atoms with Crippen LogP contribution >= 0.6 is 43.2 Å². The summed E-state index contributed by atoms with van der Waals surface area (Å²) >= 11 is 0. The zero-order valence-electron chi connectivity index (χ0n) is 27.6. The van der Waals surface area contributed by atoms with E-state index in [1.807, 2.05) is 0 Å². The molecule has 0 aliphatic rings. The standard InChI is InChI=1S/2C14H10O4S2.C10H8N2O2/c2*15-13(16)9-5-1-3-7-11(9)19-20-12-8-4-2-6-10(12)14(17)18;13-11-5-1-9(2-6-11)10-3-7-12(14)8-4-10/h2*1-8H,(H,15,16)(H,17,18);1-8H. The highest BCUT2D eigenvalue weighted by Gasteiger charge is 2.15. The molecular weight excluding hydrogens is 773 g/mol. The lowest BCUT2D eigenvalue weighted by Gasteiger charge is -2.06. The lowest BCUT2D eigenvalue weighted by atomic mass is 10.1. The number of rotatable bonds is 11. The summed E-state index contributed by atoms with van der Waals surface area (Å²) in [4.78, 5) is 46.7. The second-order valence-electron chi connectivity index (χ2n) is 10.4. The SMILES string of the molecule is O=C(O)c1ccccc1SSc1ccccc1C(=O)O.O=C(O)c1ccccc1SSc1ccccc1C(=O)O.[O-][n+]1ccc(-c2cc[n+]([O-])cc2)cc1. The zero-order valence-corrected chi connectivity index (χ0v) is 30.9. The lowest BCUT2D eigenvalue weighted by molar-refractivity contribution is -0.605. The molecule has 2 aromatic heterocycles. The van der Waals surface area contributed by atoms with Gasteiger partial charge in [0.2, 0.25) is 0 Å². The molecule has 274 valence electrons. The molecule has 6 rings (SSSR count). The smallest absolute Gasteiger partial charge is 0.336 e. The average Bonchev–Trinajstić information content (AvgIpc) is 3.17. The molecule has 4 aromatic carbocycles. The molecule has 0 atom stereocenters. The first-order valence-electron chi connectivity index (χ1n) is 15.3. The predicted molar refractivity (Wildman–Crippen MR) is 207 cm³/mol. The molecule has 0 bridgehead atoms. The summed E-state index contributed by atoms with van der Waals surface area (Å²) in [6, 6.07) is 33.3. The summed E-state index contributed by atoms with van der Waals surface area (Å²) in [7, 11) is 4.93. The minimum atomic E-state index is -1.000. The predicted octanol–water partition coefficient (Wildman–Crippen LogP) is 8.39. The van der Waals surface area contributed by atoms with Crippen LogP contribution in [0.3, 0.4) is 0 Å². The molecule has 16 heteroatoms. The molecule has 54 heavy (non-hydrogen) atoms. The van der Waals surface area contributed by atoms with E-state index >= 15 is 0 Å². The Balaban J connectivity index is 0.000000184. The Morgan fingerprint density at radius 2 is 0.574 bits per heavy atom. The maximum atomic E-state index is 11.1. The Kier molecular flexibility index (Phi) is 15.4. The van der Waals surface area contributed by atoms with Gasteiger partial charge in [-0.3, -0.25) is 0 Å². The summed E-state index contributed by atoms with van der Waals surface area (Å²) in [5, 5.41) is 57.9. The molecule has 4 N–H and O–H groups in total. The van der Waals surface area contributed by atoms with Crippen molar-refractivity contribution >= 4 is 67.1 Å². The lowest BCUT2D eigenvalue weighted by Crippen LogP contribution is -2.24. The van der Waals surface area contributed by atoms with Crippen LogP contribution in [0.4, 0.5) is 0 Å². The van der Waals surface area contributed by atoms with E-state index in [1.165, 1.54) is 92.2 Å². The first kappa shape index (κ1) is 40.8. The van der Waals surface area contributed by atoms with Crippen molar-refractivity contribution < 1.29 is 49.1 Å². The summed E-state index contributed by atoms with van der Waals surface area (Å²) in [5.41, 5.74) is 2.65. The molecule has 2 heterocycles. The van der Waals surface area contributed by atoms with Crippen molar-refractivity contribution in [1.82, 2.24) is 0 Å². The molecule has 0 radical (unpaired) electrons. The zero-order chi connectivity index (χ0) is 39.0. The summed E-state index contributed by atoms with van der Waals surface area (Å²) in [6.45, 7) is 0. The van der Waals surface area contributed by atoms with Gasteiger partial charge in [0.1, 0.15) is 0 Å². The van der Waals surface area contributed by atoms with Crippen LogP contribution in [0.2, 0.25) is 0 Å². The van der Waals surface area contributed by atoms with E-state index in [1.54, 1.807) is 97.1 Å². The van der Waals surface area contributed by atoms with Gasteiger partial charge in [-0.2, -0.15) is 9.46 Å². The van der Waals surface area contributed by atoms with E-state index in [2.05, 4.69) is 0 Å². The Morgan fingerprint density at radius 1 is 0.370 bits per heavy atom. The van der Waals surface area contributed by atoms with E-state index < -0.39 is 23.9 Å². The van der Waals surface area contributed by atoms with Crippen molar-refractivity contribution in [3.8, 4) is 11.1 Å². The fourth-order valence-corrected chi connectivity index (χ4v) is 8.95. The van der Waals surface area contributed by atoms with Crippen molar-refractivity contribution in [3.63, 3.8) is 0 Å². The van der Waals surface area contributed by atoms with E-state index in [-0.39, 0.29) is 22.3 Å². The number of nitrogens with zero attached hydrogens (tertiary/aromatic N) is 2. The molecule has 0 amide bonds. The number of benzene rings is 4. The van der Waals surface area contributed by atoms with Crippen LogP contribution in [0.15, 0.2) is 166 Å². The van der Waals surface area contributed by atoms with E-state index in [4.69, 9.17) is 20.4 Å². The van der Waals surface area contributed by atoms with Gasteiger partial charge in [0.25, 0.3) is 0 Å². The van der Waals surface area contributed by atoms with Crippen molar-refractivity contribution in [2.45, 2.75) is 19.6 Å². The van der Waals surface area contributed by atoms with Crippen LogP contribution in [-0.4, -0.2) is 44.3 Å². The van der Waals surface area contributed by atoms with Gasteiger partial charge in [-0.15, -0.1) is 0 Å². The molecule has 0 saturated heterocycles. The van der Waals surface area contributed by atoms with Crippen LogP contribution < -0.4 is 9.46 Å². The molecule has 6 aromatic rings. The third kappa shape index (κ3) is 12.1. The fraction of sp³-hybridized carbons (Fsp3) is 0. The van der Waals surface area contributed by atoms with Crippen LogP contribution in [0.25, 0.3) is 11.1 Å². The minimum Gasteiger partial charge on any atom is -0.619 e. The number of hydrogen-bond donors (Lipinski definition) is 4. The van der Waals surface area contributed by atoms with Gasteiger partial charge < -0.3 is 30.8 Å². The second kappa shape index (κ2) is 20.3. The van der Waals surface area contributed by atoms with Gasteiger partial charge >= 0.3 is 23.9 Å². The van der Waals surface area contributed by atoms with Crippen LogP contribution in [0.5, 0.6) is 0 Å². The summed E-state index contributed by atoms with van der Waals surface area (Å²) in [6.07, 6.45) is 5.70. The monoisotopic (exact) mass is 800 g/mol. The van der Waals surface area contributed by atoms with Crippen LogP contribution in [0, 0.1) is 10.4 Å². The number of carboxylic acid groups (broad SMARTS) is 4. The molecule has 0 spiro atoms. The highest BCUT2D eigenvalue weighted by Crippen LogP contribution is 2.41. The Hall–Kier alpha value is -5.94. The van der Waals surface area contributed by atoms with Gasteiger partial charge in [0.15, 0.2) is 24.8 Å². The second-order valence-corrected chi connectivity index (χ2v) is 14.9. The number of pyridine rings is 2. The number of aromatic carboxylic acids is 4. The summed E-state index contributed by atoms with van der Waals surface area (Å²) < 4.78 is 1.44. The first-order chi connectivity index (χ1) is 25.9.